The number of fused-ring (bicyclic) bond motifs is 2. The van der Waals surface area contributed by atoms with Crippen molar-refractivity contribution in [1.29, 1.82) is 0 Å². The maximum atomic E-state index is 5.70. The Bertz CT molecular complexity index is 1260. The fraction of sp³-hybridized carbons (Fsp3) is 0.261. The predicted octanol–water partition coefficient (Wildman–Crippen LogP) is 4.02. The molecule has 5 rings (SSSR count). The lowest BCUT2D eigenvalue weighted by Crippen LogP contribution is -2.38. The highest BCUT2D eigenvalue weighted by molar-refractivity contribution is 6.17. The number of hydrogen-bond donors (Lipinski definition) is 0. The third-order valence-electron chi connectivity index (χ3n) is 5.77. The van der Waals surface area contributed by atoms with Crippen molar-refractivity contribution in [2.24, 2.45) is 0 Å². The fourth-order valence-electron chi connectivity index (χ4n) is 4.56. The van der Waals surface area contributed by atoms with Crippen molar-refractivity contribution in [2.75, 3.05) is 28.4 Å². The van der Waals surface area contributed by atoms with Gasteiger partial charge in [-0.15, -0.1) is 0 Å². The molecule has 5 heteroatoms. The molecule has 0 amide bonds. The summed E-state index contributed by atoms with van der Waals surface area (Å²) in [5.74, 6) is 3.07. The molecule has 0 saturated carbocycles. The van der Waals surface area contributed by atoms with Gasteiger partial charge in [-0.2, -0.15) is 4.57 Å². The number of ether oxygens (including phenoxy) is 4. The van der Waals surface area contributed by atoms with Crippen LogP contribution in [0.2, 0.25) is 0 Å². The molecule has 5 nitrogen and oxygen atoms in total. The van der Waals surface area contributed by atoms with E-state index in [2.05, 4.69) is 35.0 Å². The van der Waals surface area contributed by atoms with Gasteiger partial charge in [0.05, 0.1) is 44.6 Å². The van der Waals surface area contributed by atoms with Gasteiger partial charge >= 0.3 is 0 Å². The first kappa shape index (κ1) is 16.9. The van der Waals surface area contributed by atoms with E-state index >= 15 is 0 Å². The van der Waals surface area contributed by atoms with Gasteiger partial charge in [-0.25, -0.2) is 0 Å². The quantitative estimate of drug-likeness (QED) is 0.398. The largest absolute Gasteiger partial charge is 0.493 e. The number of rotatable bonds is 4. The summed E-state index contributed by atoms with van der Waals surface area (Å²) in [7, 11) is 6.74. The van der Waals surface area contributed by atoms with E-state index in [1.807, 2.05) is 6.07 Å². The van der Waals surface area contributed by atoms with E-state index < -0.39 is 0 Å². The maximum absolute atomic E-state index is 5.70. The molecule has 0 N–H and O–H groups in total. The molecule has 0 saturated heterocycles. The van der Waals surface area contributed by atoms with Gasteiger partial charge in [-0.3, -0.25) is 0 Å². The summed E-state index contributed by atoms with van der Waals surface area (Å²) < 4.78 is 24.8. The molecule has 4 aromatic rings. The molecule has 2 heterocycles. The maximum Gasteiger partial charge on any atom is 0.221 e. The van der Waals surface area contributed by atoms with Crippen LogP contribution in [0.4, 0.5) is 0 Å². The molecule has 1 aliphatic heterocycles. The average Bonchev–Trinajstić information content (AvgIpc) is 2.75. The van der Waals surface area contributed by atoms with Crippen molar-refractivity contribution in [1.82, 2.24) is 0 Å². The van der Waals surface area contributed by atoms with Crippen LogP contribution in [0.25, 0.3) is 32.4 Å². The molecule has 1 aliphatic rings. The smallest absolute Gasteiger partial charge is 0.221 e. The van der Waals surface area contributed by atoms with Crippen molar-refractivity contribution in [2.45, 2.75) is 13.0 Å². The molecule has 0 aliphatic carbocycles. The van der Waals surface area contributed by atoms with Gasteiger partial charge in [-0.1, -0.05) is 0 Å². The summed E-state index contributed by atoms with van der Waals surface area (Å²) in [6, 6.07) is 10.5. The number of hydrogen-bond acceptors (Lipinski definition) is 4. The zero-order chi connectivity index (χ0) is 19.4. The predicted molar refractivity (Wildman–Crippen MR) is 109 cm³/mol. The second-order valence-electron chi connectivity index (χ2n) is 6.99. The minimum absolute atomic E-state index is 0.742. The summed E-state index contributed by atoms with van der Waals surface area (Å²) >= 11 is 0. The molecule has 0 spiro atoms. The van der Waals surface area contributed by atoms with Crippen LogP contribution in [-0.2, 0) is 13.0 Å². The van der Waals surface area contributed by atoms with Crippen LogP contribution in [0.3, 0.4) is 0 Å². The van der Waals surface area contributed by atoms with Crippen LogP contribution in [0.15, 0.2) is 36.5 Å². The second kappa shape index (κ2) is 6.16. The van der Waals surface area contributed by atoms with Crippen molar-refractivity contribution in [3.63, 3.8) is 0 Å². The molecular weight excluding hydrogens is 354 g/mol. The van der Waals surface area contributed by atoms with Gasteiger partial charge in [-0.05, 0) is 35.9 Å². The number of aromatic nitrogens is 1. The molecule has 0 fully saturated rings. The summed E-state index contributed by atoms with van der Waals surface area (Å²) in [4.78, 5) is 0. The summed E-state index contributed by atoms with van der Waals surface area (Å²) in [6.07, 6.45) is 3.11. The van der Waals surface area contributed by atoms with Crippen molar-refractivity contribution >= 4 is 32.4 Å². The lowest BCUT2D eigenvalue weighted by molar-refractivity contribution is -0.670. The van der Waals surface area contributed by atoms with Crippen molar-refractivity contribution in [3.8, 4) is 23.0 Å². The van der Waals surface area contributed by atoms with Crippen LogP contribution in [0, 0.1) is 0 Å². The molecule has 28 heavy (non-hydrogen) atoms. The number of nitrogens with zero attached hydrogens (tertiary/aromatic N) is 1. The van der Waals surface area contributed by atoms with Gasteiger partial charge < -0.3 is 18.9 Å². The third kappa shape index (κ3) is 2.10. The third-order valence-corrected chi connectivity index (χ3v) is 5.77. The molecular formula is C23H22NO4+. The molecule has 0 radical (unpaired) electrons. The highest BCUT2D eigenvalue weighted by atomic mass is 16.5. The van der Waals surface area contributed by atoms with E-state index in [0.29, 0.717) is 0 Å². The number of benzene rings is 3. The Morgan fingerprint density at radius 3 is 2.11 bits per heavy atom. The minimum Gasteiger partial charge on any atom is -0.493 e. The number of pyridine rings is 1. The summed E-state index contributed by atoms with van der Waals surface area (Å²) in [5, 5.41) is 5.71. The van der Waals surface area contributed by atoms with E-state index in [9.17, 15) is 0 Å². The van der Waals surface area contributed by atoms with Gasteiger partial charge in [0.25, 0.3) is 0 Å². The molecule has 1 aromatic heterocycles. The Morgan fingerprint density at radius 2 is 1.39 bits per heavy atom. The van der Waals surface area contributed by atoms with E-state index in [1.54, 1.807) is 28.4 Å². The Kier molecular flexibility index (Phi) is 3.72. The molecule has 0 unspecified atom stereocenters. The molecule has 142 valence electrons. The zero-order valence-electron chi connectivity index (χ0n) is 16.5. The normalized spacial score (nSPS) is 12.7. The lowest BCUT2D eigenvalue weighted by atomic mass is 9.92. The Hall–Kier alpha value is -3.21. The SMILES string of the molecule is COc1ccc2c(c[n+]3c4c2ccc2c(OC)c(OC)cc(c24)CC3)c1OC. The Labute approximate surface area is 163 Å². The van der Waals surface area contributed by atoms with Gasteiger partial charge in [0.2, 0.25) is 5.52 Å². The van der Waals surface area contributed by atoms with Crippen LogP contribution >= 0.6 is 0 Å². The van der Waals surface area contributed by atoms with Gasteiger partial charge in [0.1, 0.15) is 0 Å². The standard InChI is InChI=1S/C23H22NO4/c1-25-18-8-7-14-15-5-6-16-20-13(11-19(26-2)22(16)27-3)9-10-24(21(15)20)12-17(14)23(18)28-4/h5-8,11-12H,9-10H2,1-4H3/q+1. The first-order valence-electron chi connectivity index (χ1n) is 9.29. The Morgan fingerprint density at radius 1 is 0.714 bits per heavy atom. The second-order valence-corrected chi connectivity index (χ2v) is 6.99. The van der Waals surface area contributed by atoms with Gasteiger partial charge in [0.15, 0.2) is 35.7 Å². The minimum atomic E-state index is 0.742. The molecule has 0 bridgehead atoms. The molecule has 3 aromatic carbocycles. The topological polar surface area (TPSA) is 40.8 Å². The average molecular weight is 376 g/mol. The highest BCUT2D eigenvalue weighted by Crippen LogP contribution is 2.44. The van der Waals surface area contributed by atoms with Crippen LogP contribution in [-0.4, -0.2) is 28.4 Å². The molecule has 0 atom stereocenters. The number of methoxy groups -OCH3 is 4. The van der Waals surface area contributed by atoms with Crippen LogP contribution in [0.5, 0.6) is 23.0 Å². The summed E-state index contributed by atoms with van der Waals surface area (Å²) in [6.45, 7) is 0.897. The fourth-order valence-corrected chi connectivity index (χ4v) is 4.56. The van der Waals surface area contributed by atoms with Crippen molar-refractivity contribution in [3.05, 3.63) is 42.1 Å². The highest BCUT2D eigenvalue weighted by Gasteiger charge is 2.28. The van der Waals surface area contributed by atoms with E-state index in [-0.39, 0.29) is 0 Å². The van der Waals surface area contributed by atoms with Crippen LogP contribution < -0.4 is 23.5 Å². The van der Waals surface area contributed by atoms with E-state index in [0.717, 1.165) is 52.1 Å². The first-order valence-corrected chi connectivity index (χ1v) is 9.29. The lowest BCUT2D eigenvalue weighted by Gasteiger charge is -2.19. The number of aryl methyl sites for hydroxylation is 2. The van der Waals surface area contributed by atoms with Gasteiger partial charge in [0, 0.05) is 17.2 Å². The van der Waals surface area contributed by atoms with E-state index in [1.165, 1.54) is 21.9 Å². The van der Waals surface area contributed by atoms with Crippen molar-refractivity contribution < 1.29 is 23.5 Å². The Balaban J connectivity index is 1.99. The van der Waals surface area contributed by atoms with Crippen LogP contribution in [0.1, 0.15) is 5.56 Å². The summed E-state index contributed by atoms with van der Waals surface area (Å²) in [5.41, 5.74) is 2.51. The van der Waals surface area contributed by atoms with E-state index in [4.69, 9.17) is 18.9 Å². The monoisotopic (exact) mass is 376 g/mol. The zero-order valence-corrected chi connectivity index (χ0v) is 16.5. The first-order chi connectivity index (χ1) is 13.7.